The van der Waals surface area contributed by atoms with E-state index in [0.29, 0.717) is 6.54 Å². The van der Waals surface area contributed by atoms with Crippen molar-refractivity contribution in [3.05, 3.63) is 30.1 Å². The largest absolute Gasteiger partial charge is 0.445 e. The van der Waals surface area contributed by atoms with Gasteiger partial charge in [-0.25, -0.2) is 4.79 Å². The molecule has 1 saturated heterocycles. The summed E-state index contributed by atoms with van der Waals surface area (Å²) in [6.45, 7) is 17.6. The van der Waals surface area contributed by atoms with Crippen LogP contribution in [-0.2, 0) is 15.6 Å². The minimum Gasteiger partial charge on any atom is -0.445 e. The lowest BCUT2D eigenvalue weighted by Gasteiger charge is -2.38. The van der Waals surface area contributed by atoms with E-state index in [1.54, 1.807) is 6.08 Å². The molecule has 1 amide bonds. The van der Waals surface area contributed by atoms with Crippen molar-refractivity contribution in [1.29, 1.82) is 0 Å². The predicted octanol–water partition coefficient (Wildman–Crippen LogP) is 4.05. The fourth-order valence-electron chi connectivity index (χ4n) is 3.03. The molecule has 1 N–H and O–H groups in total. The number of ether oxygens (including phenoxy) is 1. The standard InChI is InChI=1S/C19H33N3O3Si/c1-8-9-24-18(23)22-13-17(25-26(6,7)19(3,4)5)11-16(22)10-15-12-20-21-14(15)2/h8,12,16-17H,1,9-11,13H2,2-7H3,(H,20,21)/t16-,17-/m1/s1. The molecule has 2 rings (SSSR count). The van der Waals surface area contributed by atoms with Gasteiger partial charge in [-0.15, -0.1) is 0 Å². The number of aromatic amines is 1. The van der Waals surface area contributed by atoms with Gasteiger partial charge in [-0.3, -0.25) is 5.10 Å². The molecule has 2 atom stereocenters. The van der Waals surface area contributed by atoms with Crippen molar-refractivity contribution in [3.8, 4) is 0 Å². The van der Waals surface area contributed by atoms with Crippen molar-refractivity contribution in [1.82, 2.24) is 15.1 Å². The summed E-state index contributed by atoms with van der Waals surface area (Å²) in [6.07, 6.45) is 4.82. The van der Waals surface area contributed by atoms with E-state index in [9.17, 15) is 4.79 Å². The quantitative estimate of drug-likeness (QED) is 0.598. The van der Waals surface area contributed by atoms with Gasteiger partial charge in [0.25, 0.3) is 0 Å². The van der Waals surface area contributed by atoms with Crippen LogP contribution in [-0.4, -0.2) is 54.8 Å². The summed E-state index contributed by atoms with van der Waals surface area (Å²) < 4.78 is 11.9. The molecule has 0 bridgehead atoms. The molecule has 0 aliphatic carbocycles. The molecule has 0 spiro atoms. The number of rotatable bonds is 6. The van der Waals surface area contributed by atoms with Crippen molar-refractivity contribution in [2.45, 2.75) is 70.8 Å². The third kappa shape index (κ3) is 4.76. The summed E-state index contributed by atoms with van der Waals surface area (Å²) in [4.78, 5) is 14.3. The normalized spacial score (nSPS) is 21.1. The first-order chi connectivity index (χ1) is 12.0. The van der Waals surface area contributed by atoms with Gasteiger partial charge in [0.15, 0.2) is 8.32 Å². The minimum atomic E-state index is -1.89. The number of nitrogens with zero attached hydrogens (tertiary/aromatic N) is 2. The van der Waals surface area contributed by atoms with Crippen LogP contribution in [0.2, 0.25) is 18.1 Å². The van der Waals surface area contributed by atoms with Gasteiger partial charge in [0, 0.05) is 18.8 Å². The lowest BCUT2D eigenvalue weighted by Crippen LogP contribution is -2.44. The van der Waals surface area contributed by atoms with E-state index < -0.39 is 8.32 Å². The maximum atomic E-state index is 12.5. The Bertz CT molecular complexity index is 636. The third-order valence-corrected chi connectivity index (χ3v) is 10.1. The Morgan fingerprint density at radius 2 is 2.19 bits per heavy atom. The number of carbonyl (C=O) groups excluding carboxylic acids is 1. The highest BCUT2D eigenvalue weighted by Crippen LogP contribution is 2.39. The topological polar surface area (TPSA) is 67.4 Å². The van der Waals surface area contributed by atoms with E-state index >= 15 is 0 Å². The smallest absolute Gasteiger partial charge is 0.410 e. The first-order valence-corrected chi connectivity index (χ1v) is 12.2. The van der Waals surface area contributed by atoms with E-state index in [1.165, 1.54) is 0 Å². The molecule has 1 aliphatic heterocycles. The molecule has 146 valence electrons. The average Bonchev–Trinajstić information content (AvgIpc) is 3.10. The number of hydrogen-bond donors (Lipinski definition) is 1. The first-order valence-electron chi connectivity index (χ1n) is 9.26. The van der Waals surface area contributed by atoms with Crippen LogP contribution >= 0.6 is 0 Å². The number of hydrogen-bond acceptors (Lipinski definition) is 4. The summed E-state index contributed by atoms with van der Waals surface area (Å²) in [7, 11) is -1.89. The van der Waals surface area contributed by atoms with Crippen LogP contribution in [0.25, 0.3) is 0 Å². The van der Waals surface area contributed by atoms with Crippen molar-refractivity contribution >= 4 is 14.4 Å². The van der Waals surface area contributed by atoms with E-state index in [4.69, 9.17) is 9.16 Å². The summed E-state index contributed by atoms with van der Waals surface area (Å²) in [5.41, 5.74) is 2.10. The Labute approximate surface area is 158 Å². The van der Waals surface area contributed by atoms with Gasteiger partial charge in [0.2, 0.25) is 0 Å². The Morgan fingerprint density at radius 3 is 2.73 bits per heavy atom. The number of likely N-dealkylation sites (tertiary alicyclic amines) is 1. The van der Waals surface area contributed by atoms with Crippen molar-refractivity contribution < 1.29 is 14.0 Å². The fraction of sp³-hybridized carbons (Fsp3) is 0.684. The summed E-state index contributed by atoms with van der Waals surface area (Å²) in [5, 5.41) is 7.23. The predicted molar refractivity (Wildman–Crippen MR) is 106 cm³/mol. The molecule has 0 radical (unpaired) electrons. The fourth-order valence-corrected chi connectivity index (χ4v) is 4.38. The second kappa shape index (κ2) is 7.96. The molecule has 1 aromatic heterocycles. The number of H-pyrrole nitrogens is 1. The zero-order valence-corrected chi connectivity index (χ0v) is 18.0. The zero-order chi connectivity index (χ0) is 19.5. The lowest BCUT2D eigenvalue weighted by molar-refractivity contribution is 0.103. The van der Waals surface area contributed by atoms with Crippen LogP contribution in [0.4, 0.5) is 4.79 Å². The molecule has 0 saturated carbocycles. The lowest BCUT2D eigenvalue weighted by atomic mass is 10.0. The number of aromatic nitrogens is 2. The number of aryl methyl sites for hydroxylation is 1. The molecule has 26 heavy (non-hydrogen) atoms. The third-order valence-electron chi connectivity index (χ3n) is 5.59. The molecule has 7 heteroatoms. The molecular formula is C19H33N3O3Si. The minimum absolute atomic E-state index is 0.0457. The highest BCUT2D eigenvalue weighted by atomic mass is 28.4. The average molecular weight is 380 g/mol. The van der Waals surface area contributed by atoms with Crippen molar-refractivity contribution in [2.24, 2.45) is 0 Å². The van der Waals surface area contributed by atoms with Gasteiger partial charge in [0.1, 0.15) is 6.61 Å². The van der Waals surface area contributed by atoms with Crippen LogP contribution in [0.15, 0.2) is 18.9 Å². The number of carbonyl (C=O) groups is 1. The first kappa shape index (κ1) is 20.7. The molecule has 1 fully saturated rings. The molecule has 0 unspecified atom stereocenters. The van der Waals surface area contributed by atoms with Gasteiger partial charge in [0.05, 0.1) is 11.8 Å². The second-order valence-corrected chi connectivity index (χ2v) is 13.4. The Kier molecular flexibility index (Phi) is 6.34. The highest BCUT2D eigenvalue weighted by Gasteiger charge is 2.44. The maximum Gasteiger partial charge on any atom is 0.410 e. The van der Waals surface area contributed by atoms with Gasteiger partial charge in [-0.2, -0.15) is 5.10 Å². The van der Waals surface area contributed by atoms with E-state index in [2.05, 4.69) is 50.6 Å². The summed E-state index contributed by atoms with van der Waals surface area (Å²) >= 11 is 0. The van der Waals surface area contributed by atoms with E-state index in [1.807, 2.05) is 18.0 Å². The Balaban J connectivity index is 2.13. The summed E-state index contributed by atoms with van der Waals surface area (Å²) in [6, 6.07) is 0.0541. The second-order valence-electron chi connectivity index (χ2n) is 8.61. The molecule has 6 nitrogen and oxygen atoms in total. The van der Waals surface area contributed by atoms with Crippen LogP contribution in [0.3, 0.4) is 0 Å². The van der Waals surface area contributed by atoms with Gasteiger partial charge < -0.3 is 14.1 Å². The van der Waals surface area contributed by atoms with Crippen LogP contribution < -0.4 is 0 Å². The molecular weight excluding hydrogens is 346 g/mol. The van der Waals surface area contributed by atoms with Crippen LogP contribution in [0.5, 0.6) is 0 Å². The van der Waals surface area contributed by atoms with Gasteiger partial charge in [-0.05, 0) is 43.5 Å². The van der Waals surface area contributed by atoms with Gasteiger partial charge >= 0.3 is 6.09 Å². The molecule has 0 aromatic carbocycles. The van der Waals surface area contributed by atoms with Crippen LogP contribution in [0, 0.1) is 6.92 Å². The van der Waals surface area contributed by atoms with Crippen LogP contribution in [0.1, 0.15) is 38.4 Å². The SMILES string of the molecule is C=CCOC(=O)N1C[C@H](O[Si](C)(C)C(C)(C)C)C[C@H]1Cc1c[nH]nc1C. The molecule has 1 aliphatic rings. The Hall–Kier alpha value is -1.60. The monoisotopic (exact) mass is 379 g/mol. The van der Waals surface area contributed by atoms with E-state index in [0.717, 1.165) is 24.1 Å². The zero-order valence-electron chi connectivity index (χ0n) is 17.0. The summed E-state index contributed by atoms with van der Waals surface area (Å²) in [5.74, 6) is 0. The molecule has 2 heterocycles. The number of nitrogens with one attached hydrogen (secondary N) is 1. The van der Waals surface area contributed by atoms with Crippen molar-refractivity contribution in [3.63, 3.8) is 0 Å². The van der Waals surface area contributed by atoms with Crippen molar-refractivity contribution in [2.75, 3.05) is 13.2 Å². The molecule has 1 aromatic rings. The Morgan fingerprint density at radius 1 is 1.50 bits per heavy atom. The maximum absolute atomic E-state index is 12.5. The number of amides is 1. The highest BCUT2D eigenvalue weighted by molar-refractivity contribution is 6.74. The van der Waals surface area contributed by atoms with Gasteiger partial charge in [-0.1, -0.05) is 33.4 Å². The van der Waals surface area contributed by atoms with E-state index in [-0.39, 0.29) is 29.9 Å².